The molecular weight excluding hydrogens is 516 g/mol. The van der Waals surface area contributed by atoms with E-state index in [2.05, 4.69) is 36.6 Å². The van der Waals surface area contributed by atoms with E-state index in [1.807, 2.05) is 12.2 Å². The highest BCUT2D eigenvalue weighted by molar-refractivity contribution is 5.90. The second-order valence-electron chi connectivity index (χ2n) is 12.0. The Morgan fingerprint density at radius 3 is 1.05 bits per heavy atom. The zero-order valence-electron chi connectivity index (χ0n) is 28.0. The number of hydrogen-bond acceptors (Lipinski definition) is 2. The fourth-order valence-electron chi connectivity index (χ4n) is 5.05. The number of carbonyl (C=O) groups is 2. The summed E-state index contributed by atoms with van der Waals surface area (Å²) in [6.07, 6.45) is 46.1. The Hall–Kier alpha value is -2.10. The van der Waals surface area contributed by atoms with Crippen LogP contribution in [0.5, 0.6) is 0 Å². The van der Waals surface area contributed by atoms with Gasteiger partial charge in [0, 0.05) is 12.2 Å². The predicted molar refractivity (Wildman–Crippen MR) is 184 cm³/mol. The average Bonchev–Trinajstić information content (AvgIpc) is 2.97. The maximum Gasteiger partial charge on any atom is 0.245 e. The number of nitrogens with one attached hydrogen (secondary N) is 2. The van der Waals surface area contributed by atoms with Crippen LogP contribution in [0.15, 0.2) is 48.6 Å². The minimum atomic E-state index is -0.431. The van der Waals surface area contributed by atoms with E-state index < -0.39 is 6.17 Å². The molecule has 2 amide bonds. The molecule has 4 heteroatoms. The highest BCUT2D eigenvalue weighted by atomic mass is 16.2. The van der Waals surface area contributed by atoms with E-state index in [0.717, 1.165) is 12.8 Å². The SMILES string of the molecule is CCCCCCCCCCCCCC=CC=CC(=O)NC(C)NC(=O)C=CC=CCCCCCCCCCCCCC. The molecule has 0 aliphatic carbocycles. The van der Waals surface area contributed by atoms with E-state index in [0.29, 0.717) is 0 Å². The summed E-state index contributed by atoms with van der Waals surface area (Å²) in [5.41, 5.74) is 0. The first-order chi connectivity index (χ1) is 20.6. The summed E-state index contributed by atoms with van der Waals surface area (Å²) in [6.45, 7) is 6.30. The zero-order chi connectivity index (χ0) is 30.8. The summed E-state index contributed by atoms with van der Waals surface area (Å²) < 4.78 is 0. The minimum Gasteiger partial charge on any atom is -0.333 e. The van der Waals surface area contributed by atoms with Gasteiger partial charge in [-0.2, -0.15) is 0 Å². The van der Waals surface area contributed by atoms with Gasteiger partial charge in [0.15, 0.2) is 0 Å². The Labute approximate surface area is 261 Å². The molecule has 0 bridgehead atoms. The summed E-state index contributed by atoms with van der Waals surface area (Å²) >= 11 is 0. The smallest absolute Gasteiger partial charge is 0.245 e. The molecule has 0 atom stereocenters. The Balaban J connectivity index is 3.67. The van der Waals surface area contributed by atoms with E-state index in [4.69, 9.17) is 0 Å². The fraction of sp³-hybridized carbons (Fsp3) is 0.737. The summed E-state index contributed by atoms with van der Waals surface area (Å²) in [5, 5.41) is 5.54. The topological polar surface area (TPSA) is 58.2 Å². The van der Waals surface area contributed by atoms with Gasteiger partial charge in [-0.25, -0.2) is 0 Å². The molecule has 0 aliphatic rings. The number of amides is 2. The van der Waals surface area contributed by atoms with Gasteiger partial charge < -0.3 is 10.6 Å². The van der Waals surface area contributed by atoms with Crippen LogP contribution in [-0.4, -0.2) is 18.0 Å². The van der Waals surface area contributed by atoms with Gasteiger partial charge in [-0.05, 0) is 32.6 Å². The van der Waals surface area contributed by atoms with Crippen molar-refractivity contribution >= 4 is 11.8 Å². The molecule has 0 aromatic rings. The molecule has 242 valence electrons. The number of hydrogen-bond donors (Lipinski definition) is 2. The first-order valence-corrected chi connectivity index (χ1v) is 17.9. The minimum absolute atomic E-state index is 0.210. The molecule has 0 rings (SSSR count). The lowest BCUT2D eigenvalue weighted by Gasteiger charge is -2.12. The van der Waals surface area contributed by atoms with Gasteiger partial charge >= 0.3 is 0 Å². The van der Waals surface area contributed by atoms with Crippen LogP contribution in [0.1, 0.15) is 175 Å². The van der Waals surface area contributed by atoms with E-state index >= 15 is 0 Å². The molecule has 0 saturated carbocycles. The molecule has 42 heavy (non-hydrogen) atoms. The maximum atomic E-state index is 12.1. The lowest BCUT2D eigenvalue weighted by molar-refractivity contribution is -0.119. The quantitative estimate of drug-likeness (QED) is 0.0382. The molecule has 4 nitrogen and oxygen atoms in total. The maximum absolute atomic E-state index is 12.1. The number of allylic oxidation sites excluding steroid dienone is 6. The first kappa shape index (κ1) is 39.9. The van der Waals surface area contributed by atoms with Gasteiger partial charge in [0.1, 0.15) is 0 Å². The van der Waals surface area contributed by atoms with Crippen LogP contribution in [-0.2, 0) is 9.59 Å². The van der Waals surface area contributed by atoms with Crippen molar-refractivity contribution in [2.75, 3.05) is 0 Å². The predicted octanol–water partition coefficient (Wildman–Crippen LogP) is 11.2. The molecule has 0 radical (unpaired) electrons. The molecule has 0 fully saturated rings. The molecule has 0 aromatic heterocycles. The van der Waals surface area contributed by atoms with Crippen LogP contribution >= 0.6 is 0 Å². The monoisotopic (exact) mass is 585 g/mol. The number of carbonyl (C=O) groups excluding carboxylic acids is 2. The zero-order valence-corrected chi connectivity index (χ0v) is 28.0. The summed E-state index contributed by atoms with van der Waals surface area (Å²) in [6, 6.07) is 0. The Kier molecular flexibility index (Phi) is 31.7. The van der Waals surface area contributed by atoms with Crippen molar-refractivity contribution in [3.8, 4) is 0 Å². The second-order valence-corrected chi connectivity index (χ2v) is 12.0. The van der Waals surface area contributed by atoms with Gasteiger partial charge in [-0.1, -0.05) is 179 Å². The van der Waals surface area contributed by atoms with Crippen LogP contribution in [0.25, 0.3) is 0 Å². The van der Waals surface area contributed by atoms with Crippen LogP contribution in [0.2, 0.25) is 0 Å². The van der Waals surface area contributed by atoms with Crippen LogP contribution in [0, 0.1) is 0 Å². The molecule has 0 aliphatic heterocycles. The van der Waals surface area contributed by atoms with Gasteiger partial charge in [-0.3, -0.25) is 9.59 Å². The van der Waals surface area contributed by atoms with Crippen LogP contribution < -0.4 is 10.6 Å². The highest BCUT2D eigenvalue weighted by Gasteiger charge is 2.05. The Morgan fingerprint density at radius 2 is 0.738 bits per heavy atom. The van der Waals surface area contributed by atoms with Crippen molar-refractivity contribution in [1.29, 1.82) is 0 Å². The number of unbranched alkanes of at least 4 members (excludes halogenated alkanes) is 22. The standard InChI is InChI=1S/C38H68N2O2/c1-4-6-8-10-12-14-16-18-20-22-24-26-28-30-32-34-37(41)39-36(3)40-38(42)35-33-31-29-27-25-23-21-19-17-15-13-11-9-7-5-2/h28-36H,4-27H2,1-3H3,(H,39,41)(H,40,42). The molecule has 2 N–H and O–H groups in total. The van der Waals surface area contributed by atoms with Crippen molar-refractivity contribution < 1.29 is 9.59 Å². The lowest BCUT2D eigenvalue weighted by atomic mass is 10.1. The van der Waals surface area contributed by atoms with E-state index in [1.54, 1.807) is 19.1 Å². The molecule has 0 unspecified atom stereocenters. The van der Waals surface area contributed by atoms with Gasteiger partial charge in [-0.15, -0.1) is 0 Å². The van der Waals surface area contributed by atoms with E-state index in [1.165, 1.54) is 153 Å². The van der Waals surface area contributed by atoms with Crippen molar-refractivity contribution in [2.24, 2.45) is 0 Å². The summed E-state index contributed by atoms with van der Waals surface area (Å²) in [4.78, 5) is 24.1. The van der Waals surface area contributed by atoms with Crippen LogP contribution in [0.4, 0.5) is 0 Å². The molecule has 0 heterocycles. The third-order valence-corrected chi connectivity index (χ3v) is 7.66. The second kappa shape index (κ2) is 33.4. The van der Waals surface area contributed by atoms with Gasteiger partial charge in [0.25, 0.3) is 0 Å². The molecule has 0 saturated heterocycles. The summed E-state index contributed by atoms with van der Waals surface area (Å²) in [5.74, 6) is -0.420. The van der Waals surface area contributed by atoms with Crippen molar-refractivity contribution in [3.63, 3.8) is 0 Å². The van der Waals surface area contributed by atoms with Crippen molar-refractivity contribution in [3.05, 3.63) is 48.6 Å². The average molecular weight is 585 g/mol. The van der Waals surface area contributed by atoms with Gasteiger partial charge in [0.05, 0.1) is 6.17 Å². The molecule has 0 spiro atoms. The normalized spacial score (nSPS) is 12.7. The lowest BCUT2D eigenvalue weighted by Crippen LogP contribution is -2.44. The molecular formula is C38H68N2O2. The van der Waals surface area contributed by atoms with E-state index in [9.17, 15) is 9.59 Å². The fourth-order valence-corrected chi connectivity index (χ4v) is 5.05. The first-order valence-electron chi connectivity index (χ1n) is 17.9. The Morgan fingerprint density at radius 1 is 0.452 bits per heavy atom. The Bertz CT molecular complexity index is 663. The van der Waals surface area contributed by atoms with Gasteiger partial charge in [0.2, 0.25) is 11.8 Å². The van der Waals surface area contributed by atoms with Crippen LogP contribution in [0.3, 0.4) is 0 Å². The molecule has 0 aromatic carbocycles. The highest BCUT2D eigenvalue weighted by Crippen LogP contribution is 2.13. The third-order valence-electron chi connectivity index (χ3n) is 7.66. The number of rotatable bonds is 30. The van der Waals surface area contributed by atoms with Crippen molar-refractivity contribution in [2.45, 2.75) is 181 Å². The largest absolute Gasteiger partial charge is 0.333 e. The van der Waals surface area contributed by atoms with Crippen molar-refractivity contribution in [1.82, 2.24) is 10.6 Å². The third kappa shape index (κ3) is 32.4. The van der Waals surface area contributed by atoms with E-state index in [-0.39, 0.29) is 11.8 Å². The summed E-state index contributed by atoms with van der Waals surface area (Å²) in [7, 11) is 0.